The summed E-state index contributed by atoms with van der Waals surface area (Å²) in [7, 11) is 3.35. The third-order valence-electron chi connectivity index (χ3n) is 2.72. The maximum atomic E-state index is 11.3. The van der Waals surface area contributed by atoms with Crippen LogP contribution in [0.1, 0.15) is 17.7 Å². The van der Waals surface area contributed by atoms with Crippen LogP contribution in [-0.2, 0) is 29.4 Å². The molecule has 1 aromatic rings. The van der Waals surface area contributed by atoms with Gasteiger partial charge in [-0.05, 0) is 24.8 Å². The van der Waals surface area contributed by atoms with Gasteiger partial charge >= 0.3 is 5.97 Å². The fourth-order valence-electron chi connectivity index (χ4n) is 2.01. The number of fused-ring (bicyclic) bond motifs is 1. The first-order valence-corrected chi connectivity index (χ1v) is 4.80. The highest BCUT2D eigenvalue weighted by Crippen LogP contribution is 2.24. The van der Waals surface area contributed by atoms with Crippen LogP contribution < -0.4 is 0 Å². The van der Waals surface area contributed by atoms with Crippen LogP contribution in [0.15, 0.2) is 6.20 Å². The number of ether oxygens (including phenoxy) is 1. The van der Waals surface area contributed by atoms with Crippen molar-refractivity contribution in [2.45, 2.75) is 19.3 Å². The zero-order chi connectivity index (χ0) is 10.1. The smallest absolute Gasteiger partial charge is 0.309 e. The molecule has 1 heterocycles. The third kappa shape index (κ3) is 1.52. The first-order chi connectivity index (χ1) is 6.70. The van der Waals surface area contributed by atoms with Gasteiger partial charge in [-0.1, -0.05) is 0 Å². The average Bonchev–Trinajstić information content (AvgIpc) is 2.55. The Bertz CT molecular complexity index is 357. The quantitative estimate of drug-likeness (QED) is 0.618. The van der Waals surface area contributed by atoms with Gasteiger partial charge in [0, 0.05) is 13.2 Å². The minimum Gasteiger partial charge on any atom is -0.469 e. The molecule has 1 atom stereocenters. The number of rotatable bonds is 1. The molecule has 0 amide bonds. The summed E-state index contributed by atoms with van der Waals surface area (Å²) >= 11 is 0. The normalized spacial score (nSPS) is 20.3. The molecule has 1 unspecified atom stereocenters. The minimum absolute atomic E-state index is 0.0247. The molecule has 4 heteroatoms. The van der Waals surface area contributed by atoms with Gasteiger partial charge in [-0.3, -0.25) is 9.48 Å². The van der Waals surface area contributed by atoms with Crippen molar-refractivity contribution in [3.63, 3.8) is 0 Å². The maximum absolute atomic E-state index is 11.3. The second-order valence-electron chi connectivity index (χ2n) is 3.74. The standard InChI is InChI=1S/C10H14N2O2/c1-12-6-8-5-7(10(13)14-2)3-4-9(8)11-12/h6-7H,3-5H2,1-2H3. The van der Waals surface area contributed by atoms with Crippen LogP contribution in [0.5, 0.6) is 0 Å². The zero-order valence-electron chi connectivity index (χ0n) is 8.49. The molecule has 0 fully saturated rings. The Hall–Kier alpha value is -1.32. The monoisotopic (exact) mass is 194 g/mol. The summed E-state index contributed by atoms with van der Waals surface area (Å²) < 4.78 is 6.56. The highest BCUT2D eigenvalue weighted by molar-refractivity contribution is 5.73. The maximum Gasteiger partial charge on any atom is 0.309 e. The molecule has 0 saturated heterocycles. The Morgan fingerprint density at radius 3 is 3.21 bits per heavy atom. The predicted octanol–water partition coefficient (Wildman–Crippen LogP) is 0.698. The van der Waals surface area contributed by atoms with Gasteiger partial charge in [-0.15, -0.1) is 0 Å². The molecule has 0 aromatic carbocycles. The Kier molecular flexibility index (Phi) is 2.27. The zero-order valence-corrected chi connectivity index (χ0v) is 8.49. The number of nitrogens with zero attached hydrogens (tertiary/aromatic N) is 2. The number of aromatic nitrogens is 2. The van der Waals surface area contributed by atoms with Crippen molar-refractivity contribution >= 4 is 5.97 Å². The van der Waals surface area contributed by atoms with Gasteiger partial charge in [0.15, 0.2) is 0 Å². The summed E-state index contributed by atoms with van der Waals surface area (Å²) in [4.78, 5) is 11.3. The van der Waals surface area contributed by atoms with E-state index in [9.17, 15) is 4.79 Å². The lowest BCUT2D eigenvalue weighted by atomic mass is 9.88. The van der Waals surface area contributed by atoms with Crippen molar-refractivity contribution in [3.8, 4) is 0 Å². The topological polar surface area (TPSA) is 44.1 Å². The SMILES string of the molecule is COC(=O)C1CCc2nn(C)cc2C1. The van der Waals surface area contributed by atoms with E-state index in [1.165, 1.54) is 12.7 Å². The number of carbonyl (C=O) groups excluding carboxylic acids is 1. The van der Waals surface area contributed by atoms with Crippen molar-refractivity contribution in [3.05, 3.63) is 17.5 Å². The molecule has 1 aliphatic rings. The van der Waals surface area contributed by atoms with Crippen LogP contribution in [0.3, 0.4) is 0 Å². The number of methoxy groups -OCH3 is 1. The van der Waals surface area contributed by atoms with Crippen LogP contribution in [0.25, 0.3) is 0 Å². The first kappa shape index (κ1) is 9.24. The molecule has 14 heavy (non-hydrogen) atoms. The Balaban J connectivity index is 2.16. The molecule has 0 spiro atoms. The van der Waals surface area contributed by atoms with Crippen molar-refractivity contribution in [1.82, 2.24) is 9.78 Å². The number of esters is 1. The van der Waals surface area contributed by atoms with E-state index in [1.807, 2.05) is 17.9 Å². The third-order valence-corrected chi connectivity index (χ3v) is 2.72. The van der Waals surface area contributed by atoms with Crippen molar-refractivity contribution in [1.29, 1.82) is 0 Å². The molecule has 0 N–H and O–H groups in total. The number of hydrogen-bond donors (Lipinski definition) is 0. The first-order valence-electron chi connectivity index (χ1n) is 4.80. The fourth-order valence-corrected chi connectivity index (χ4v) is 2.01. The lowest BCUT2D eigenvalue weighted by Crippen LogP contribution is -2.23. The van der Waals surface area contributed by atoms with Gasteiger partial charge in [-0.2, -0.15) is 5.10 Å². The van der Waals surface area contributed by atoms with Gasteiger partial charge in [-0.25, -0.2) is 0 Å². The fraction of sp³-hybridized carbons (Fsp3) is 0.600. The molecule has 0 bridgehead atoms. The molecule has 0 saturated carbocycles. The molecule has 0 radical (unpaired) electrons. The summed E-state index contributed by atoms with van der Waals surface area (Å²) in [5.74, 6) is -0.0730. The van der Waals surface area contributed by atoms with Crippen LogP contribution >= 0.6 is 0 Å². The van der Waals surface area contributed by atoms with Crippen molar-refractivity contribution in [2.24, 2.45) is 13.0 Å². The Labute approximate surface area is 82.9 Å². The summed E-state index contributed by atoms with van der Waals surface area (Å²) in [6.07, 6.45) is 4.51. The van der Waals surface area contributed by atoms with Crippen LogP contribution in [0, 0.1) is 5.92 Å². The Morgan fingerprint density at radius 1 is 1.71 bits per heavy atom. The van der Waals surface area contributed by atoms with Gasteiger partial charge in [0.2, 0.25) is 0 Å². The summed E-state index contributed by atoms with van der Waals surface area (Å²) in [6, 6.07) is 0. The van der Waals surface area contributed by atoms with E-state index in [0.29, 0.717) is 0 Å². The van der Waals surface area contributed by atoms with Gasteiger partial charge in [0.1, 0.15) is 0 Å². The number of hydrogen-bond acceptors (Lipinski definition) is 3. The molecule has 0 aliphatic heterocycles. The van der Waals surface area contributed by atoms with E-state index in [-0.39, 0.29) is 11.9 Å². The van der Waals surface area contributed by atoms with E-state index < -0.39 is 0 Å². The van der Waals surface area contributed by atoms with E-state index in [4.69, 9.17) is 4.74 Å². The number of aryl methyl sites for hydroxylation is 2. The van der Waals surface area contributed by atoms with Gasteiger partial charge < -0.3 is 4.74 Å². The summed E-state index contributed by atoms with van der Waals surface area (Å²) in [5, 5.41) is 4.34. The summed E-state index contributed by atoms with van der Waals surface area (Å²) in [6.45, 7) is 0. The molecular weight excluding hydrogens is 180 g/mol. The van der Waals surface area contributed by atoms with Crippen LogP contribution in [0.2, 0.25) is 0 Å². The van der Waals surface area contributed by atoms with E-state index >= 15 is 0 Å². The van der Waals surface area contributed by atoms with Gasteiger partial charge in [0.05, 0.1) is 18.7 Å². The molecule has 1 aliphatic carbocycles. The molecule has 1 aromatic heterocycles. The second-order valence-corrected chi connectivity index (χ2v) is 3.74. The van der Waals surface area contributed by atoms with Crippen molar-refractivity contribution < 1.29 is 9.53 Å². The van der Waals surface area contributed by atoms with Crippen LogP contribution in [0.4, 0.5) is 0 Å². The highest BCUT2D eigenvalue weighted by Gasteiger charge is 2.26. The predicted molar refractivity (Wildman–Crippen MR) is 50.7 cm³/mol. The van der Waals surface area contributed by atoms with E-state index in [1.54, 1.807) is 0 Å². The average molecular weight is 194 g/mol. The molecule has 76 valence electrons. The van der Waals surface area contributed by atoms with Crippen molar-refractivity contribution in [2.75, 3.05) is 7.11 Å². The molecule has 4 nitrogen and oxygen atoms in total. The minimum atomic E-state index is -0.0977. The van der Waals surface area contributed by atoms with E-state index in [2.05, 4.69) is 5.10 Å². The Morgan fingerprint density at radius 2 is 2.50 bits per heavy atom. The van der Waals surface area contributed by atoms with Crippen LogP contribution in [-0.4, -0.2) is 22.9 Å². The lowest BCUT2D eigenvalue weighted by molar-refractivity contribution is -0.145. The second kappa shape index (κ2) is 3.44. The lowest BCUT2D eigenvalue weighted by Gasteiger charge is -2.18. The largest absolute Gasteiger partial charge is 0.469 e. The van der Waals surface area contributed by atoms with E-state index in [0.717, 1.165) is 25.0 Å². The number of carbonyl (C=O) groups is 1. The highest BCUT2D eigenvalue weighted by atomic mass is 16.5. The molecule has 2 rings (SSSR count). The molecular formula is C10H14N2O2. The van der Waals surface area contributed by atoms with Gasteiger partial charge in [0.25, 0.3) is 0 Å². The summed E-state index contributed by atoms with van der Waals surface area (Å²) in [5.41, 5.74) is 2.32.